The van der Waals surface area contributed by atoms with Crippen molar-refractivity contribution in [2.45, 2.75) is 6.61 Å². The molecular formula is C18H11ClN4O. The van der Waals surface area contributed by atoms with Gasteiger partial charge in [-0.25, -0.2) is 0 Å². The number of hydrogen-bond acceptors (Lipinski definition) is 5. The van der Waals surface area contributed by atoms with Crippen LogP contribution in [-0.2, 0) is 6.61 Å². The van der Waals surface area contributed by atoms with E-state index in [1.165, 1.54) is 0 Å². The van der Waals surface area contributed by atoms with E-state index in [0.29, 0.717) is 16.5 Å². The van der Waals surface area contributed by atoms with Gasteiger partial charge in [0.15, 0.2) is 5.57 Å². The molecule has 2 aromatic rings. The molecule has 5 nitrogen and oxygen atoms in total. The van der Waals surface area contributed by atoms with Crippen LogP contribution in [0.15, 0.2) is 59.8 Å². The van der Waals surface area contributed by atoms with Crippen molar-refractivity contribution in [2.75, 3.05) is 5.32 Å². The Kier molecular flexibility index (Phi) is 5.81. The largest absolute Gasteiger partial charge is 0.487 e. The van der Waals surface area contributed by atoms with Crippen LogP contribution >= 0.6 is 11.6 Å². The fourth-order valence-corrected chi connectivity index (χ4v) is 2.08. The highest BCUT2D eigenvalue weighted by Gasteiger charge is 2.07. The Balaban J connectivity index is 2.14. The van der Waals surface area contributed by atoms with Crippen LogP contribution in [0.2, 0.25) is 5.02 Å². The first-order valence-corrected chi connectivity index (χ1v) is 7.23. The summed E-state index contributed by atoms with van der Waals surface area (Å²) >= 11 is 6.04. The van der Waals surface area contributed by atoms with Crippen LogP contribution < -0.4 is 10.1 Å². The number of allylic oxidation sites excluding steroid dienone is 2. The number of nitrogens with zero attached hydrogens (tertiary/aromatic N) is 3. The van der Waals surface area contributed by atoms with E-state index in [9.17, 15) is 0 Å². The molecule has 116 valence electrons. The van der Waals surface area contributed by atoms with Crippen LogP contribution in [0.1, 0.15) is 5.56 Å². The molecule has 1 N–H and O–H groups in total. The highest BCUT2D eigenvalue weighted by molar-refractivity contribution is 6.32. The minimum Gasteiger partial charge on any atom is -0.487 e. The van der Waals surface area contributed by atoms with Gasteiger partial charge in [0.2, 0.25) is 0 Å². The van der Waals surface area contributed by atoms with E-state index in [0.717, 1.165) is 5.56 Å². The van der Waals surface area contributed by atoms with Gasteiger partial charge < -0.3 is 10.1 Å². The Labute approximate surface area is 144 Å². The van der Waals surface area contributed by atoms with Crippen molar-refractivity contribution in [3.63, 3.8) is 0 Å². The maximum Gasteiger partial charge on any atom is 0.163 e. The van der Waals surface area contributed by atoms with Gasteiger partial charge >= 0.3 is 0 Å². The molecular weight excluding hydrogens is 324 g/mol. The standard InChI is InChI=1S/C18H11ClN4O/c19-16-6-1-2-7-18(16)24-12-13-4-3-5-15(8-13)23-17(11-22)14(9-20)10-21/h1-8,23H,12H2. The molecule has 2 rings (SSSR count). The molecule has 0 saturated carbocycles. The second-order valence-corrected chi connectivity index (χ2v) is 5.04. The van der Waals surface area contributed by atoms with Gasteiger partial charge in [-0.2, -0.15) is 15.8 Å². The van der Waals surface area contributed by atoms with Gasteiger partial charge in [0.05, 0.1) is 5.02 Å². The topological polar surface area (TPSA) is 92.6 Å². The van der Waals surface area contributed by atoms with Gasteiger partial charge in [-0.3, -0.25) is 0 Å². The van der Waals surface area contributed by atoms with Gasteiger partial charge in [0.25, 0.3) is 0 Å². The monoisotopic (exact) mass is 334 g/mol. The average Bonchev–Trinajstić information content (AvgIpc) is 2.61. The first kappa shape index (κ1) is 16.9. The summed E-state index contributed by atoms with van der Waals surface area (Å²) in [5, 5.41) is 30.0. The number of rotatable bonds is 5. The summed E-state index contributed by atoms with van der Waals surface area (Å²) in [6.45, 7) is 0.286. The SMILES string of the molecule is N#CC(C#N)=C(C#N)Nc1cccc(COc2ccccc2Cl)c1. The predicted molar refractivity (Wildman–Crippen MR) is 89.7 cm³/mol. The van der Waals surface area contributed by atoms with Crippen LogP contribution in [0.5, 0.6) is 5.75 Å². The molecule has 0 aliphatic carbocycles. The summed E-state index contributed by atoms with van der Waals surface area (Å²) in [5.41, 5.74) is 1.06. The van der Waals surface area contributed by atoms with Crippen molar-refractivity contribution in [1.29, 1.82) is 15.8 Å². The summed E-state index contributed by atoms with van der Waals surface area (Å²) in [6.07, 6.45) is 0. The van der Waals surface area contributed by atoms with E-state index in [2.05, 4.69) is 5.32 Å². The summed E-state index contributed by atoms with van der Waals surface area (Å²) in [5.74, 6) is 0.575. The van der Waals surface area contributed by atoms with Crippen molar-refractivity contribution in [1.82, 2.24) is 0 Å². The number of nitrogens with one attached hydrogen (secondary N) is 1. The Morgan fingerprint density at radius 3 is 2.42 bits per heavy atom. The van der Waals surface area contributed by atoms with Gasteiger partial charge in [-0.05, 0) is 29.8 Å². The lowest BCUT2D eigenvalue weighted by Gasteiger charge is -2.10. The minimum absolute atomic E-state index is 0.0934. The summed E-state index contributed by atoms with van der Waals surface area (Å²) in [7, 11) is 0. The number of hydrogen-bond donors (Lipinski definition) is 1. The van der Waals surface area contributed by atoms with E-state index >= 15 is 0 Å². The Hall–Kier alpha value is -3.46. The third-order valence-electron chi connectivity index (χ3n) is 3.01. The van der Waals surface area contributed by atoms with Crippen molar-refractivity contribution in [2.24, 2.45) is 0 Å². The third-order valence-corrected chi connectivity index (χ3v) is 3.32. The normalized spacial score (nSPS) is 9.08. The maximum absolute atomic E-state index is 9.06. The summed E-state index contributed by atoms with van der Waals surface area (Å²) in [4.78, 5) is 0. The molecule has 0 aliphatic heterocycles. The highest BCUT2D eigenvalue weighted by atomic mass is 35.5. The Bertz CT molecular complexity index is 884. The van der Waals surface area contributed by atoms with Crippen molar-refractivity contribution >= 4 is 17.3 Å². The summed E-state index contributed by atoms with van der Waals surface area (Å²) < 4.78 is 5.66. The van der Waals surface area contributed by atoms with Crippen molar-refractivity contribution < 1.29 is 4.74 Å². The highest BCUT2D eigenvalue weighted by Crippen LogP contribution is 2.24. The van der Waals surface area contributed by atoms with Gasteiger partial charge in [0, 0.05) is 5.69 Å². The Morgan fingerprint density at radius 1 is 1.00 bits per heavy atom. The van der Waals surface area contributed by atoms with Crippen LogP contribution in [0.4, 0.5) is 5.69 Å². The first-order valence-electron chi connectivity index (χ1n) is 6.85. The molecule has 0 aromatic heterocycles. The number of anilines is 1. The van der Waals surface area contributed by atoms with Crippen LogP contribution in [-0.4, -0.2) is 0 Å². The average molecular weight is 335 g/mol. The van der Waals surface area contributed by atoms with Crippen molar-refractivity contribution in [3.8, 4) is 24.0 Å². The first-order chi connectivity index (χ1) is 11.7. The predicted octanol–water partition coefficient (Wildman–Crippen LogP) is 4.16. The molecule has 0 unspecified atom stereocenters. The third kappa shape index (κ3) is 4.27. The zero-order chi connectivity index (χ0) is 17.4. The van der Waals surface area contributed by atoms with E-state index in [1.54, 1.807) is 42.5 Å². The molecule has 0 spiro atoms. The second-order valence-electron chi connectivity index (χ2n) is 4.63. The molecule has 0 saturated heterocycles. The quantitative estimate of drug-likeness (QED) is 0.829. The van der Waals surface area contributed by atoms with Crippen LogP contribution in [0, 0.1) is 34.0 Å². The summed E-state index contributed by atoms with van der Waals surface area (Å²) in [6, 6.07) is 19.5. The Morgan fingerprint density at radius 2 is 1.75 bits per heavy atom. The molecule has 0 fully saturated rings. The molecule has 0 heterocycles. The molecule has 6 heteroatoms. The van der Waals surface area contributed by atoms with Crippen LogP contribution in [0.3, 0.4) is 0 Å². The smallest absolute Gasteiger partial charge is 0.163 e. The fourth-order valence-electron chi connectivity index (χ4n) is 1.89. The molecule has 0 aliphatic rings. The van der Waals surface area contributed by atoms with Crippen molar-refractivity contribution in [3.05, 3.63) is 70.4 Å². The lowest BCUT2D eigenvalue weighted by Crippen LogP contribution is -2.02. The second kappa shape index (κ2) is 8.25. The molecule has 0 bridgehead atoms. The number of benzene rings is 2. The molecule has 0 atom stereocenters. The molecule has 0 radical (unpaired) electrons. The lowest BCUT2D eigenvalue weighted by molar-refractivity contribution is 0.306. The molecule has 24 heavy (non-hydrogen) atoms. The number of para-hydroxylation sites is 1. The van der Waals surface area contributed by atoms with E-state index < -0.39 is 0 Å². The molecule has 0 amide bonds. The maximum atomic E-state index is 9.06. The fraction of sp³-hybridized carbons (Fsp3) is 0.0556. The zero-order valence-electron chi connectivity index (χ0n) is 12.5. The zero-order valence-corrected chi connectivity index (χ0v) is 13.2. The van der Waals surface area contributed by atoms with Gasteiger partial charge in [0.1, 0.15) is 36.3 Å². The number of ether oxygens (including phenoxy) is 1. The number of halogens is 1. The molecule has 2 aromatic carbocycles. The number of nitriles is 3. The van der Waals surface area contributed by atoms with E-state index in [4.69, 9.17) is 32.1 Å². The van der Waals surface area contributed by atoms with Crippen LogP contribution in [0.25, 0.3) is 0 Å². The van der Waals surface area contributed by atoms with E-state index in [-0.39, 0.29) is 17.9 Å². The lowest BCUT2D eigenvalue weighted by atomic mass is 10.2. The van der Waals surface area contributed by atoms with Gasteiger partial charge in [-0.1, -0.05) is 35.9 Å². The van der Waals surface area contributed by atoms with E-state index in [1.807, 2.05) is 24.3 Å². The van der Waals surface area contributed by atoms with Gasteiger partial charge in [-0.15, -0.1) is 0 Å². The minimum atomic E-state index is -0.268.